The Bertz CT molecular complexity index is 855. The van der Waals surface area contributed by atoms with Crippen molar-refractivity contribution in [2.45, 2.75) is 59.7 Å². The van der Waals surface area contributed by atoms with Crippen LogP contribution in [0.2, 0.25) is 0 Å². The van der Waals surface area contributed by atoms with Crippen LogP contribution in [-0.4, -0.2) is 34.9 Å². The SMILES string of the molecule is Cc1ccccc1CN(C(=O)COc1ccccc1C)[C@H](C)C(=O)NC(C)(C)C. The number of para-hydroxylation sites is 1. The molecule has 0 spiro atoms. The van der Waals surface area contributed by atoms with Gasteiger partial charge in [0.15, 0.2) is 6.61 Å². The summed E-state index contributed by atoms with van der Waals surface area (Å²) >= 11 is 0. The third kappa shape index (κ3) is 6.63. The van der Waals surface area contributed by atoms with E-state index >= 15 is 0 Å². The number of amides is 2. The van der Waals surface area contributed by atoms with E-state index < -0.39 is 6.04 Å². The Morgan fingerprint density at radius 3 is 2.17 bits per heavy atom. The summed E-state index contributed by atoms with van der Waals surface area (Å²) in [4.78, 5) is 27.4. The number of rotatable bonds is 7. The van der Waals surface area contributed by atoms with Crippen molar-refractivity contribution in [3.63, 3.8) is 0 Å². The minimum absolute atomic E-state index is 0.121. The van der Waals surface area contributed by atoms with Crippen molar-refractivity contribution < 1.29 is 14.3 Å². The maximum atomic E-state index is 13.1. The highest BCUT2D eigenvalue weighted by Gasteiger charge is 2.29. The average Bonchev–Trinajstić information content (AvgIpc) is 2.64. The molecule has 2 aromatic rings. The van der Waals surface area contributed by atoms with Gasteiger partial charge in [0, 0.05) is 12.1 Å². The van der Waals surface area contributed by atoms with Gasteiger partial charge in [-0.1, -0.05) is 42.5 Å². The standard InChI is InChI=1S/C24H32N2O3/c1-17-11-7-9-13-20(17)15-26(19(3)23(28)25-24(4,5)6)22(27)16-29-21-14-10-8-12-18(21)2/h7-14,19H,15-16H2,1-6H3,(H,25,28)/t19-/m1/s1. The van der Waals surface area contributed by atoms with Crippen molar-refractivity contribution in [2.75, 3.05) is 6.61 Å². The second-order valence-corrected chi connectivity index (χ2v) is 8.42. The van der Waals surface area contributed by atoms with Gasteiger partial charge in [-0.2, -0.15) is 0 Å². The van der Waals surface area contributed by atoms with Crippen LogP contribution in [0, 0.1) is 13.8 Å². The molecule has 0 aliphatic carbocycles. The quantitative estimate of drug-likeness (QED) is 0.769. The highest BCUT2D eigenvalue weighted by atomic mass is 16.5. The van der Waals surface area contributed by atoms with Gasteiger partial charge in [-0.25, -0.2) is 0 Å². The van der Waals surface area contributed by atoms with E-state index in [9.17, 15) is 9.59 Å². The molecule has 5 heteroatoms. The summed E-state index contributed by atoms with van der Waals surface area (Å²) < 4.78 is 5.76. The maximum absolute atomic E-state index is 13.1. The van der Waals surface area contributed by atoms with Gasteiger partial charge in [-0.15, -0.1) is 0 Å². The molecule has 2 rings (SSSR count). The van der Waals surface area contributed by atoms with Crippen LogP contribution < -0.4 is 10.1 Å². The Morgan fingerprint density at radius 1 is 1.00 bits per heavy atom. The van der Waals surface area contributed by atoms with Crippen LogP contribution in [-0.2, 0) is 16.1 Å². The van der Waals surface area contributed by atoms with Crippen molar-refractivity contribution in [3.8, 4) is 5.75 Å². The van der Waals surface area contributed by atoms with E-state index in [1.165, 1.54) is 0 Å². The molecule has 0 saturated heterocycles. The summed E-state index contributed by atoms with van der Waals surface area (Å²) in [6.07, 6.45) is 0. The molecule has 0 saturated carbocycles. The first kappa shape index (κ1) is 22.5. The molecular formula is C24H32N2O3. The number of hydrogen-bond acceptors (Lipinski definition) is 3. The highest BCUT2D eigenvalue weighted by molar-refractivity contribution is 5.88. The smallest absolute Gasteiger partial charge is 0.261 e. The molecule has 0 heterocycles. The lowest BCUT2D eigenvalue weighted by Crippen LogP contribution is -2.53. The van der Waals surface area contributed by atoms with Gasteiger partial charge in [-0.3, -0.25) is 9.59 Å². The fraction of sp³-hybridized carbons (Fsp3) is 0.417. The molecule has 0 unspecified atom stereocenters. The summed E-state index contributed by atoms with van der Waals surface area (Å²) in [6.45, 7) is 11.7. The van der Waals surface area contributed by atoms with Gasteiger partial charge >= 0.3 is 0 Å². The van der Waals surface area contributed by atoms with E-state index in [4.69, 9.17) is 4.74 Å². The number of carbonyl (C=O) groups is 2. The molecule has 5 nitrogen and oxygen atoms in total. The van der Waals surface area contributed by atoms with E-state index in [0.29, 0.717) is 12.3 Å². The molecule has 0 radical (unpaired) electrons. The van der Waals surface area contributed by atoms with E-state index in [0.717, 1.165) is 16.7 Å². The summed E-state index contributed by atoms with van der Waals surface area (Å²) in [5.74, 6) is 0.256. The van der Waals surface area contributed by atoms with Crippen molar-refractivity contribution in [1.82, 2.24) is 10.2 Å². The van der Waals surface area contributed by atoms with Crippen LogP contribution in [0.15, 0.2) is 48.5 Å². The predicted molar refractivity (Wildman–Crippen MR) is 116 cm³/mol. The van der Waals surface area contributed by atoms with Gasteiger partial charge in [0.1, 0.15) is 11.8 Å². The Kier molecular flexibility index (Phi) is 7.43. The third-order valence-electron chi connectivity index (χ3n) is 4.71. The summed E-state index contributed by atoms with van der Waals surface area (Å²) in [5.41, 5.74) is 2.67. The molecule has 0 aliphatic heterocycles. The lowest BCUT2D eigenvalue weighted by Gasteiger charge is -2.31. The van der Waals surface area contributed by atoms with E-state index in [-0.39, 0.29) is 24.0 Å². The molecular weight excluding hydrogens is 364 g/mol. The average molecular weight is 397 g/mol. The van der Waals surface area contributed by atoms with Crippen LogP contribution in [0.1, 0.15) is 44.4 Å². The zero-order valence-electron chi connectivity index (χ0n) is 18.3. The van der Waals surface area contributed by atoms with Crippen LogP contribution in [0.4, 0.5) is 0 Å². The Morgan fingerprint density at radius 2 is 1.59 bits per heavy atom. The molecule has 2 aromatic carbocycles. The first-order valence-corrected chi connectivity index (χ1v) is 9.93. The summed E-state index contributed by atoms with van der Waals surface area (Å²) in [5, 5.41) is 2.96. The number of carbonyl (C=O) groups excluding carboxylic acids is 2. The molecule has 29 heavy (non-hydrogen) atoms. The van der Waals surface area contributed by atoms with Gasteiger partial charge < -0.3 is 15.0 Å². The second kappa shape index (κ2) is 9.59. The molecule has 0 fully saturated rings. The van der Waals surface area contributed by atoms with Crippen LogP contribution >= 0.6 is 0 Å². The molecule has 0 aromatic heterocycles. The van der Waals surface area contributed by atoms with Crippen LogP contribution in [0.25, 0.3) is 0 Å². The highest BCUT2D eigenvalue weighted by Crippen LogP contribution is 2.18. The molecule has 2 amide bonds. The zero-order valence-corrected chi connectivity index (χ0v) is 18.3. The van der Waals surface area contributed by atoms with E-state index in [2.05, 4.69) is 5.32 Å². The Balaban J connectivity index is 2.20. The topological polar surface area (TPSA) is 58.6 Å². The fourth-order valence-corrected chi connectivity index (χ4v) is 2.97. The Hall–Kier alpha value is -2.82. The van der Waals surface area contributed by atoms with E-state index in [1.54, 1.807) is 11.8 Å². The van der Waals surface area contributed by atoms with Crippen molar-refractivity contribution >= 4 is 11.8 Å². The zero-order chi connectivity index (χ0) is 21.6. The van der Waals surface area contributed by atoms with Crippen LogP contribution in [0.3, 0.4) is 0 Å². The van der Waals surface area contributed by atoms with Crippen molar-refractivity contribution in [3.05, 3.63) is 65.2 Å². The summed E-state index contributed by atoms with van der Waals surface area (Å²) in [7, 11) is 0. The van der Waals surface area contributed by atoms with Gasteiger partial charge in [0.2, 0.25) is 5.91 Å². The molecule has 156 valence electrons. The lowest BCUT2D eigenvalue weighted by atomic mass is 10.1. The van der Waals surface area contributed by atoms with Gasteiger partial charge in [-0.05, 0) is 64.3 Å². The van der Waals surface area contributed by atoms with Gasteiger partial charge in [0.05, 0.1) is 0 Å². The molecule has 0 aliphatic rings. The number of nitrogens with zero attached hydrogens (tertiary/aromatic N) is 1. The Labute approximate surface area is 174 Å². The molecule has 0 bridgehead atoms. The summed E-state index contributed by atoms with van der Waals surface area (Å²) in [6, 6.07) is 14.8. The molecule has 1 atom stereocenters. The van der Waals surface area contributed by atoms with Crippen molar-refractivity contribution in [2.24, 2.45) is 0 Å². The number of ether oxygens (including phenoxy) is 1. The van der Waals surface area contributed by atoms with Gasteiger partial charge in [0.25, 0.3) is 5.91 Å². The van der Waals surface area contributed by atoms with E-state index in [1.807, 2.05) is 83.1 Å². The first-order valence-electron chi connectivity index (χ1n) is 9.93. The van der Waals surface area contributed by atoms with Crippen molar-refractivity contribution in [1.29, 1.82) is 0 Å². The normalized spacial score (nSPS) is 12.2. The minimum Gasteiger partial charge on any atom is -0.484 e. The number of hydrogen-bond donors (Lipinski definition) is 1. The second-order valence-electron chi connectivity index (χ2n) is 8.42. The number of nitrogens with one attached hydrogen (secondary N) is 1. The largest absolute Gasteiger partial charge is 0.484 e. The third-order valence-corrected chi connectivity index (χ3v) is 4.71. The molecule has 1 N–H and O–H groups in total. The predicted octanol–water partition coefficient (Wildman–Crippen LogP) is 4.01. The number of benzene rings is 2. The van der Waals surface area contributed by atoms with Crippen LogP contribution in [0.5, 0.6) is 5.75 Å². The number of aryl methyl sites for hydroxylation is 2. The first-order chi connectivity index (χ1) is 13.6. The fourth-order valence-electron chi connectivity index (χ4n) is 2.97. The maximum Gasteiger partial charge on any atom is 0.261 e. The minimum atomic E-state index is -0.623. The monoisotopic (exact) mass is 396 g/mol. The lowest BCUT2D eigenvalue weighted by molar-refractivity contribution is -0.142.